The summed E-state index contributed by atoms with van der Waals surface area (Å²) >= 11 is 0. The van der Waals surface area contributed by atoms with Gasteiger partial charge in [-0.2, -0.15) is 0 Å². The van der Waals surface area contributed by atoms with Crippen molar-refractivity contribution in [2.45, 2.75) is 44.2 Å². The summed E-state index contributed by atoms with van der Waals surface area (Å²) in [6.07, 6.45) is -5.12. The molecule has 0 radical (unpaired) electrons. The molecule has 0 saturated carbocycles. The fourth-order valence-corrected chi connectivity index (χ4v) is 1.90. The van der Waals surface area contributed by atoms with Crippen LogP contribution in [0, 0.1) is 0 Å². The van der Waals surface area contributed by atoms with Crippen LogP contribution in [0.5, 0.6) is 0 Å². The number of benzene rings is 1. The largest absolute Gasteiger partial charge is 0.388 e. The minimum atomic E-state index is -1.26. The predicted octanol–water partition coefficient (Wildman–Crippen LogP) is 0.0307. The lowest BCUT2D eigenvalue weighted by Gasteiger charge is -2.38. The van der Waals surface area contributed by atoms with Crippen LogP contribution in [0.1, 0.15) is 12.5 Å². The normalized spacial score (nSPS) is 36.6. The second kappa shape index (κ2) is 5.77. The Hall–Kier alpha value is -0.980. The Morgan fingerprint density at radius 1 is 1.06 bits per heavy atom. The van der Waals surface area contributed by atoms with Crippen molar-refractivity contribution in [1.29, 1.82) is 0 Å². The number of rotatable bonds is 3. The average Bonchev–Trinajstić information content (AvgIpc) is 2.40. The van der Waals surface area contributed by atoms with Crippen LogP contribution in [0.4, 0.5) is 0 Å². The van der Waals surface area contributed by atoms with Gasteiger partial charge < -0.3 is 24.8 Å². The first-order valence-corrected chi connectivity index (χ1v) is 5.95. The van der Waals surface area contributed by atoms with Crippen molar-refractivity contribution in [2.75, 3.05) is 0 Å². The molecule has 0 bridgehead atoms. The highest BCUT2D eigenvalue weighted by molar-refractivity contribution is 5.13. The summed E-state index contributed by atoms with van der Waals surface area (Å²) in [5.41, 5.74) is 0.946. The van der Waals surface area contributed by atoms with Crippen molar-refractivity contribution in [3.05, 3.63) is 35.9 Å². The molecule has 1 aliphatic heterocycles. The lowest BCUT2D eigenvalue weighted by molar-refractivity contribution is -0.296. The topological polar surface area (TPSA) is 79.2 Å². The molecule has 1 heterocycles. The van der Waals surface area contributed by atoms with E-state index in [1.807, 2.05) is 30.3 Å². The fourth-order valence-electron chi connectivity index (χ4n) is 1.90. The van der Waals surface area contributed by atoms with Gasteiger partial charge in [0.25, 0.3) is 0 Å². The fraction of sp³-hybridized carbons (Fsp3) is 0.538. The van der Waals surface area contributed by atoms with E-state index >= 15 is 0 Å². The molecule has 0 aromatic heterocycles. The van der Waals surface area contributed by atoms with Crippen molar-refractivity contribution < 1.29 is 24.8 Å². The number of aliphatic hydroxyl groups is 3. The molecule has 2 rings (SSSR count). The molecule has 1 saturated heterocycles. The Morgan fingerprint density at radius 3 is 2.39 bits per heavy atom. The monoisotopic (exact) mass is 254 g/mol. The number of hydrogen-bond donors (Lipinski definition) is 3. The van der Waals surface area contributed by atoms with E-state index < -0.39 is 30.7 Å². The second-order valence-electron chi connectivity index (χ2n) is 4.48. The summed E-state index contributed by atoms with van der Waals surface area (Å²) < 4.78 is 10.7. The molecule has 0 aliphatic carbocycles. The molecular formula is C13H18O5. The third-order valence-corrected chi connectivity index (χ3v) is 3.07. The molecule has 0 amide bonds. The number of ether oxygens (including phenoxy) is 2. The second-order valence-corrected chi connectivity index (χ2v) is 4.48. The summed E-state index contributed by atoms with van der Waals surface area (Å²) in [4.78, 5) is 0. The first kappa shape index (κ1) is 13.5. The van der Waals surface area contributed by atoms with E-state index in [-0.39, 0.29) is 6.61 Å². The SMILES string of the molecule is C[C@H]1O[C@H](OCc2ccccc2)[C@H](O)[C@@H](O)[C@@H]1O. The number of hydrogen-bond acceptors (Lipinski definition) is 5. The molecule has 100 valence electrons. The zero-order chi connectivity index (χ0) is 13.1. The minimum Gasteiger partial charge on any atom is -0.388 e. The van der Waals surface area contributed by atoms with Gasteiger partial charge in [0.05, 0.1) is 12.7 Å². The zero-order valence-corrected chi connectivity index (χ0v) is 10.1. The van der Waals surface area contributed by atoms with E-state index in [4.69, 9.17) is 9.47 Å². The predicted molar refractivity (Wildman–Crippen MR) is 63.6 cm³/mol. The van der Waals surface area contributed by atoms with E-state index in [0.717, 1.165) is 5.56 Å². The highest BCUT2D eigenvalue weighted by atomic mass is 16.7. The van der Waals surface area contributed by atoms with Crippen molar-refractivity contribution in [2.24, 2.45) is 0 Å². The maximum Gasteiger partial charge on any atom is 0.186 e. The van der Waals surface area contributed by atoms with Crippen molar-refractivity contribution in [1.82, 2.24) is 0 Å². The number of aliphatic hydroxyl groups excluding tert-OH is 3. The molecule has 3 N–H and O–H groups in total. The third kappa shape index (κ3) is 2.88. The van der Waals surface area contributed by atoms with Crippen LogP contribution in [0.15, 0.2) is 30.3 Å². The van der Waals surface area contributed by atoms with Crippen LogP contribution in [0.3, 0.4) is 0 Å². The van der Waals surface area contributed by atoms with E-state index in [1.165, 1.54) is 0 Å². The van der Waals surface area contributed by atoms with Crippen molar-refractivity contribution in [3.63, 3.8) is 0 Å². The van der Waals surface area contributed by atoms with Crippen LogP contribution >= 0.6 is 0 Å². The van der Waals surface area contributed by atoms with Gasteiger partial charge in [-0.3, -0.25) is 0 Å². The van der Waals surface area contributed by atoms with Gasteiger partial charge in [0.2, 0.25) is 0 Å². The van der Waals surface area contributed by atoms with Gasteiger partial charge >= 0.3 is 0 Å². The highest BCUT2D eigenvalue weighted by Crippen LogP contribution is 2.22. The molecule has 0 unspecified atom stereocenters. The van der Waals surface area contributed by atoms with Crippen LogP contribution in [-0.4, -0.2) is 46.0 Å². The van der Waals surface area contributed by atoms with Gasteiger partial charge in [-0.05, 0) is 12.5 Å². The van der Waals surface area contributed by atoms with E-state index in [9.17, 15) is 15.3 Å². The standard InChI is InChI=1S/C13H18O5/c1-8-10(14)11(15)12(16)13(18-8)17-7-9-5-3-2-4-6-9/h2-6,8,10-16H,7H2,1H3/t8-,10-,11+,12-,13+/m1/s1. The first-order chi connectivity index (χ1) is 8.59. The van der Waals surface area contributed by atoms with Crippen molar-refractivity contribution >= 4 is 0 Å². The summed E-state index contributed by atoms with van der Waals surface area (Å²) in [6.45, 7) is 1.90. The summed E-state index contributed by atoms with van der Waals surface area (Å²) in [5, 5.41) is 28.9. The lowest BCUT2D eigenvalue weighted by Crippen LogP contribution is -2.57. The van der Waals surface area contributed by atoms with Crippen LogP contribution in [0.25, 0.3) is 0 Å². The maximum absolute atomic E-state index is 9.74. The zero-order valence-electron chi connectivity index (χ0n) is 10.1. The minimum absolute atomic E-state index is 0.276. The summed E-state index contributed by atoms with van der Waals surface area (Å²) in [6, 6.07) is 9.46. The van der Waals surface area contributed by atoms with Crippen LogP contribution < -0.4 is 0 Å². The molecule has 5 nitrogen and oxygen atoms in total. The van der Waals surface area contributed by atoms with Gasteiger partial charge in [-0.1, -0.05) is 30.3 Å². The quantitative estimate of drug-likeness (QED) is 0.709. The molecule has 1 fully saturated rings. The Morgan fingerprint density at radius 2 is 1.72 bits per heavy atom. The Labute approximate surface area is 106 Å². The molecule has 1 aliphatic rings. The van der Waals surface area contributed by atoms with E-state index in [0.29, 0.717) is 0 Å². The summed E-state index contributed by atoms with van der Waals surface area (Å²) in [5.74, 6) is 0. The first-order valence-electron chi connectivity index (χ1n) is 5.95. The van der Waals surface area contributed by atoms with Gasteiger partial charge in [-0.15, -0.1) is 0 Å². The molecule has 0 spiro atoms. The highest BCUT2D eigenvalue weighted by Gasteiger charge is 2.42. The van der Waals surface area contributed by atoms with Gasteiger partial charge in [0, 0.05) is 0 Å². The smallest absolute Gasteiger partial charge is 0.186 e. The van der Waals surface area contributed by atoms with Gasteiger partial charge in [0.1, 0.15) is 18.3 Å². The van der Waals surface area contributed by atoms with E-state index in [2.05, 4.69) is 0 Å². The van der Waals surface area contributed by atoms with Crippen molar-refractivity contribution in [3.8, 4) is 0 Å². The molecule has 1 aromatic rings. The maximum atomic E-state index is 9.74. The van der Waals surface area contributed by atoms with E-state index in [1.54, 1.807) is 6.92 Å². The molecule has 18 heavy (non-hydrogen) atoms. The third-order valence-electron chi connectivity index (χ3n) is 3.07. The van der Waals surface area contributed by atoms with Gasteiger partial charge in [0.15, 0.2) is 6.29 Å². The van der Waals surface area contributed by atoms with Crippen LogP contribution in [-0.2, 0) is 16.1 Å². The van der Waals surface area contributed by atoms with Gasteiger partial charge in [-0.25, -0.2) is 0 Å². The lowest BCUT2D eigenvalue weighted by atomic mass is 10.00. The summed E-state index contributed by atoms with van der Waals surface area (Å²) in [7, 11) is 0. The molecule has 1 aromatic carbocycles. The Kier molecular flexibility index (Phi) is 4.31. The Bertz CT molecular complexity index is 369. The average molecular weight is 254 g/mol. The Balaban J connectivity index is 1.93. The van der Waals surface area contributed by atoms with Crippen LogP contribution in [0.2, 0.25) is 0 Å². The molecular weight excluding hydrogens is 236 g/mol. The molecule has 5 heteroatoms. The molecule has 5 atom stereocenters.